The van der Waals surface area contributed by atoms with Crippen LogP contribution < -0.4 is 0 Å². The minimum absolute atomic E-state index is 0.674. The number of halogens is 1. The van der Waals surface area contributed by atoms with Crippen molar-refractivity contribution in [3.63, 3.8) is 0 Å². The van der Waals surface area contributed by atoms with E-state index in [2.05, 4.69) is 15.9 Å². The van der Waals surface area contributed by atoms with Crippen LogP contribution in [0.15, 0.2) is 22.7 Å². The summed E-state index contributed by atoms with van der Waals surface area (Å²) in [7, 11) is 0. The first-order valence-corrected chi connectivity index (χ1v) is 3.19. The van der Waals surface area contributed by atoms with Gasteiger partial charge in [-0.2, -0.15) is 0 Å². The summed E-state index contributed by atoms with van der Waals surface area (Å²) in [6, 6.07) is 0. The van der Waals surface area contributed by atoms with Gasteiger partial charge in [-0.3, -0.25) is 0 Å². The lowest BCUT2D eigenvalue weighted by molar-refractivity contribution is 1.36. The van der Waals surface area contributed by atoms with E-state index in [0.717, 1.165) is 10.9 Å². The molecule has 0 amide bonds. The summed E-state index contributed by atoms with van der Waals surface area (Å²) in [5.74, 6) is 0. The van der Waals surface area contributed by atoms with Gasteiger partial charge in [-0.05, 0) is 12.2 Å². The van der Waals surface area contributed by atoms with E-state index in [0.29, 0.717) is 5.71 Å². The van der Waals surface area contributed by atoms with Crippen LogP contribution in [0.2, 0.25) is 0 Å². The predicted octanol–water partition coefficient (Wildman–Crippen LogP) is 2.24. The van der Waals surface area contributed by atoms with Crippen molar-refractivity contribution in [2.24, 2.45) is 0 Å². The molecule has 0 heterocycles. The molecule has 0 spiro atoms. The molecule has 0 aromatic carbocycles. The second-order valence-corrected chi connectivity index (χ2v) is 2.57. The normalized spacial score (nSPS) is 18.6. The largest absolute Gasteiger partial charge is 0.305 e. The maximum atomic E-state index is 7.13. The summed E-state index contributed by atoms with van der Waals surface area (Å²) in [5, 5.41) is 7.13. The Balaban J connectivity index is 2.71. The van der Waals surface area contributed by atoms with Gasteiger partial charge < -0.3 is 5.41 Å². The molecule has 0 bridgehead atoms. The van der Waals surface area contributed by atoms with Gasteiger partial charge in [-0.25, -0.2) is 0 Å². The highest BCUT2D eigenvalue weighted by Crippen LogP contribution is 2.12. The van der Waals surface area contributed by atoms with Gasteiger partial charge in [0.2, 0.25) is 0 Å². The zero-order chi connectivity index (χ0) is 5.98. The minimum Gasteiger partial charge on any atom is -0.305 e. The van der Waals surface area contributed by atoms with Crippen LogP contribution in [0.25, 0.3) is 0 Å². The molecule has 2 heteroatoms. The Morgan fingerprint density at radius 3 is 2.62 bits per heavy atom. The van der Waals surface area contributed by atoms with Gasteiger partial charge in [0, 0.05) is 16.6 Å². The van der Waals surface area contributed by atoms with E-state index in [9.17, 15) is 0 Å². The molecule has 1 N–H and O–H groups in total. The van der Waals surface area contributed by atoms with Crippen LogP contribution in [0, 0.1) is 5.41 Å². The SMILES string of the molecule is N=C1C=CC(Br)=CC1. The number of nitrogens with one attached hydrogen (secondary N) is 1. The summed E-state index contributed by atoms with van der Waals surface area (Å²) in [6.45, 7) is 0. The molecule has 0 aromatic rings. The molecule has 0 radical (unpaired) electrons. The van der Waals surface area contributed by atoms with Crippen LogP contribution in [-0.2, 0) is 0 Å². The molecule has 0 aromatic heterocycles. The molecule has 0 unspecified atom stereocenters. The van der Waals surface area contributed by atoms with E-state index in [1.165, 1.54) is 0 Å². The maximum Gasteiger partial charge on any atom is 0.0352 e. The number of hydrogen-bond donors (Lipinski definition) is 1. The average molecular weight is 172 g/mol. The summed E-state index contributed by atoms with van der Waals surface area (Å²) in [5.41, 5.74) is 0.674. The third-order valence-electron chi connectivity index (χ3n) is 0.961. The molecule has 1 rings (SSSR count). The van der Waals surface area contributed by atoms with Gasteiger partial charge in [0.1, 0.15) is 0 Å². The first-order valence-electron chi connectivity index (χ1n) is 2.40. The van der Waals surface area contributed by atoms with Crippen LogP contribution in [0.1, 0.15) is 6.42 Å². The van der Waals surface area contributed by atoms with Crippen molar-refractivity contribution in [1.82, 2.24) is 0 Å². The van der Waals surface area contributed by atoms with Crippen molar-refractivity contribution in [3.05, 3.63) is 22.7 Å². The predicted molar refractivity (Wildman–Crippen MR) is 38.5 cm³/mol. The molecule has 0 atom stereocenters. The second kappa shape index (κ2) is 2.27. The van der Waals surface area contributed by atoms with Crippen molar-refractivity contribution >= 4 is 21.6 Å². The lowest BCUT2D eigenvalue weighted by atomic mass is 10.2. The first-order chi connectivity index (χ1) is 3.79. The monoisotopic (exact) mass is 171 g/mol. The van der Waals surface area contributed by atoms with Crippen molar-refractivity contribution in [1.29, 1.82) is 5.41 Å². The molecular formula is C6H6BrN. The smallest absolute Gasteiger partial charge is 0.0352 e. The maximum absolute atomic E-state index is 7.13. The molecule has 8 heavy (non-hydrogen) atoms. The molecule has 1 nitrogen and oxygen atoms in total. The van der Waals surface area contributed by atoms with Gasteiger partial charge in [-0.15, -0.1) is 0 Å². The fourth-order valence-corrected chi connectivity index (χ4v) is 0.818. The Morgan fingerprint density at radius 1 is 1.50 bits per heavy atom. The van der Waals surface area contributed by atoms with Crippen LogP contribution in [0.3, 0.4) is 0 Å². The Labute approximate surface area is 56.7 Å². The van der Waals surface area contributed by atoms with E-state index in [1.807, 2.05) is 12.2 Å². The third kappa shape index (κ3) is 1.30. The fraction of sp³-hybridized carbons (Fsp3) is 0.167. The Hall–Kier alpha value is -0.370. The third-order valence-corrected chi connectivity index (χ3v) is 1.55. The lowest BCUT2D eigenvalue weighted by Crippen LogP contribution is -1.91. The van der Waals surface area contributed by atoms with Crippen LogP contribution in [0.4, 0.5) is 0 Å². The molecule has 0 aliphatic heterocycles. The highest BCUT2D eigenvalue weighted by atomic mass is 79.9. The first kappa shape index (κ1) is 5.76. The van der Waals surface area contributed by atoms with Gasteiger partial charge in [0.15, 0.2) is 0 Å². The molecule has 0 fully saturated rings. The number of hydrogen-bond acceptors (Lipinski definition) is 1. The summed E-state index contributed by atoms with van der Waals surface area (Å²) < 4.78 is 1.08. The Morgan fingerprint density at radius 2 is 2.25 bits per heavy atom. The van der Waals surface area contributed by atoms with Crippen LogP contribution in [0.5, 0.6) is 0 Å². The van der Waals surface area contributed by atoms with E-state index in [4.69, 9.17) is 5.41 Å². The molecule has 0 saturated carbocycles. The quantitative estimate of drug-likeness (QED) is 0.579. The van der Waals surface area contributed by atoms with Crippen LogP contribution >= 0.6 is 15.9 Å². The van der Waals surface area contributed by atoms with E-state index >= 15 is 0 Å². The zero-order valence-electron chi connectivity index (χ0n) is 4.32. The lowest BCUT2D eigenvalue weighted by Gasteiger charge is -1.97. The van der Waals surface area contributed by atoms with E-state index in [-0.39, 0.29) is 0 Å². The van der Waals surface area contributed by atoms with Crippen molar-refractivity contribution in [3.8, 4) is 0 Å². The average Bonchev–Trinajstić information content (AvgIpc) is 1.77. The van der Waals surface area contributed by atoms with Crippen molar-refractivity contribution in [2.75, 3.05) is 0 Å². The fourth-order valence-electron chi connectivity index (χ4n) is 0.524. The van der Waals surface area contributed by atoms with Gasteiger partial charge in [-0.1, -0.05) is 22.0 Å². The second-order valence-electron chi connectivity index (χ2n) is 1.65. The Kier molecular flexibility index (Phi) is 1.63. The number of allylic oxidation sites excluding steroid dienone is 4. The van der Waals surface area contributed by atoms with E-state index in [1.54, 1.807) is 6.08 Å². The molecule has 1 aliphatic rings. The topological polar surface area (TPSA) is 23.9 Å². The summed E-state index contributed by atoms with van der Waals surface area (Å²) in [4.78, 5) is 0. The van der Waals surface area contributed by atoms with Crippen LogP contribution in [-0.4, -0.2) is 5.71 Å². The Bertz CT molecular complexity index is 165. The summed E-state index contributed by atoms with van der Waals surface area (Å²) >= 11 is 3.29. The van der Waals surface area contributed by atoms with Gasteiger partial charge in [0.05, 0.1) is 0 Å². The van der Waals surface area contributed by atoms with Gasteiger partial charge >= 0.3 is 0 Å². The molecule has 42 valence electrons. The van der Waals surface area contributed by atoms with Crippen molar-refractivity contribution < 1.29 is 0 Å². The van der Waals surface area contributed by atoms with E-state index < -0.39 is 0 Å². The molecular weight excluding hydrogens is 166 g/mol. The van der Waals surface area contributed by atoms with Gasteiger partial charge in [0.25, 0.3) is 0 Å². The molecule has 1 aliphatic carbocycles. The minimum atomic E-state index is 0.674. The number of rotatable bonds is 0. The highest BCUT2D eigenvalue weighted by Gasteiger charge is 1.94. The zero-order valence-corrected chi connectivity index (χ0v) is 5.90. The molecule has 0 saturated heterocycles. The standard InChI is InChI=1S/C6H6BrN/c7-5-1-3-6(8)4-2-5/h1-3,8H,4H2. The summed E-state index contributed by atoms with van der Waals surface area (Å²) in [6.07, 6.45) is 6.41. The van der Waals surface area contributed by atoms with Crippen molar-refractivity contribution in [2.45, 2.75) is 6.42 Å². The highest BCUT2D eigenvalue weighted by molar-refractivity contribution is 9.11.